The summed E-state index contributed by atoms with van der Waals surface area (Å²) < 4.78 is 42.1. The lowest BCUT2D eigenvalue weighted by Crippen LogP contribution is -2.46. The molecular weight excluding hydrogens is 555 g/mol. The third-order valence-electron chi connectivity index (χ3n) is 9.05. The predicted octanol–water partition coefficient (Wildman–Crippen LogP) is 7.64. The standard InChI is InChI=1S/C34H64F3N3O3/c1-8-11-14-27(30(21-35)38-26(7)41)18-20-34(43)40-32(23-37)29(16-13-10-3)25(6)17-19-33(42)39-31(22-36)28(24(4)5)15-12-9-2/h24-25,27-32H,8-23H2,1-7H3,(H,38,41)(H,39,42)(H,40,43)/t25?,27-,28-,29-,30?,31?,32+/m0/s1. The fourth-order valence-electron chi connectivity index (χ4n) is 6.28. The van der Waals surface area contributed by atoms with Gasteiger partial charge in [-0.1, -0.05) is 80.1 Å². The average molecular weight is 620 g/mol. The molecule has 0 heterocycles. The topological polar surface area (TPSA) is 87.3 Å². The summed E-state index contributed by atoms with van der Waals surface area (Å²) in [6.07, 6.45) is 9.16. The molecule has 3 unspecified atom stereocenters. The minimum Gasteiger partial charge on any atom is -0.351 e. The minimum atomic E-state index is -0.716. The fraction of sp³-hybridized carbons (Fsp3) is 0.912. The molecule has 0 rings (SSSR count). The van der Waals surface area contributed by atoms with Gasteiger partial charge in [0.15, 0.2) is 0 Å². The van der Waals surface area contributed by atoms with E-state index in [2.05, 4.69) is 43.6 Å². The Morgan fingerprint density at radius 1 is 0.581 bits per heavy atom. The van der Waals surface area contributed by atoms with Gasteiger partial charge in [-0.25, -0.2) is 13.2 Å². The molecule has 254 valence electrons. The number of alkyl halides is 3. The third kappa shape index (κ3) is 17.3. The third-order valence-corrected chi connectivity index (χ3v) is 9.05. The second kappa shape index (κ2) is 24.5. The van der Waals surface area contributed by atoms with Gasteiger partial charge in [-0.2, -0.15) is 0 Å². The Morgan fingerprint density at radius 3 is 1.47 bits per heavy atom. The molecule has 0 saturated carbocycles. The van der Waals surface area contributed by atoms with Gasteiger partial charge in [-0.3, -0.25) is 14.4 Å². The minimum absolute atomic E-state index is 0.0313. The molecule has 0 bridgehead atoms. The van der Waals surface area contributed by atoms with Crippen LogP contribution in [0.4, 0.5) is 13.2 Å². The summed E-state index contributed by atoms with van der Waals surface area (Å²) in [4.78, 5) is 37.4. The molecule has 0 radical (unpaired) electrons. The van der Waals surface area contributed by atoms with E-state index >= 15 is 0 Å². The van der Waals surface area contributed by atoms with Crippen LogP contribution in [0.25, 0.3) is 0 Å². The molecule has 0 aliphatic rings. The van der Waals surface area contributed by atoms with Gasteiger partial charge in [0.25, 0.3) is 0 Å². The summed E-state index contributed by atoms with van der Waals surface area (Å²) in [5, 5.41) is 8.49. The van der Waals surface area contributed by atoms with E-state index in [1.807, 2.05) is 13.8 Å². The molecule has 0 aliphatic heterocycles. The maximum Gasteiger partial charge on any atom is 0.220 e. The highest BCUT2D eigenvalue weighted by Crippen LogP contribution is 2.28. The number of hydrogen-bond donors (Lipinski definition) is 3. The Hall–Kier alpha value is -1.80. The van der Waals surface area contributed by atoms with Crippen LogP contribution in [0.2, 0.25) is 0 Å². The van der Waals surface area contributed by atoms with Crippen molar-refractivity contribution < 1.29 is 27.6 Å². The van der Waals surface area contributed by atoms with Gasteiger partial charge in [-0.15, -0.1) is 0 Å². The maximum absolute atomic E-state index is 14.4. The molecule has 7 atom stereocenters. The van der Waals surface area contributed by atoms with Crippen LogP contribution >= 0.6 is 0 Å². The van der Waals surface area contributed by atoms with Crippen LogP contribution in [-0.2, 0) is 14.4 Å². The van der Waals surface area contributed by atoms with Crippen molar-refractivity contribution in [1.82, 2.24) is 16.0 Å². The Bertz CT molecular complexity index is 756. The average Bonchev–Trinajstić information content (AvgIpc) is 2.97. The predicted molar refractivity (Wildman–Crippen MR) is 171 cm³/mol. The first kappa shape index (κ1) is 41.2. The molecule has 43 heavy (non-hydrogen) atoms. The molecule has 0 aliphatic carbocycles. The zero-order valence-corrected chi connectivity index (χ0v) is 28.3. The number of halogens is 3. The van der Waals surface area contributed by atoms with Crippen molar-refractivity contribution in [3.8, 4) is 0 Å². The Balaban J connectivity index is 5.32. The number of rotatable bonds is 26. The smallest absolute Gasteiger partial charge is 0.220 e. The summed E-state index contributed by atoms with van der Waals surface area (Å²) in [6.45, 7) is 11.7. The molecule has 6 nitrogen and oxygen atoms in total. The van der Waals surface area contributed by atoms with E-state index in [0.717, 1.165) is 51.4 Å². The highest BCUT2D eigenvalue weighted by Gasteiger charge is 2.30. The molecule has 0 aromatic rings. The van der Waals surface area contributed by atoms with Gasteiger partial charge in [0.2, 0.25) is 17.7 Å². The summed E-state index contributed by atoms with van der Waals surface area (Å²) in [6, 6.07) is -1.83. The van der Waals surface area contributed by atoms with E-state index in [1.165, 1.54) is 6.92 Å². The van der Waals surface area contributed by atoms with Gasteiger partial charge in [0.1, 0.15) is 20.0 Å². The quantitative estimate of drug-likeness (QED) is 0.0930. The largest absolute Gasteiger partial charge is 0.351 e. The lowest BCUT2D eigenvalue weighted by molar-refractivity contribution is -0.124. The molecule has 9 heteroatoms. The first-order chi connectivity index (χ1) is 20.5. The van der Waals surface area contributed by atoms with Crippen molar-refractivity contribution in [2.45, 2.75) is 150 Å². The summed E-state index contributed by atoms with van der Waals surface area (Å²) in [5.41, 5.74) is 0. The SMILES string of the molecule is CCCC[C@@H](CCC(=O)N[C@H](CF)[C@@H](CCCC)C(C)CCC(=O)NC(CF)[C@@H](CCCC)C(C)C)C(CF)NC(C)=O. The van der Waals surface area contributed by atoms with E-state index < -0.39 is 38.1 Å². The normalized spacial score (nSPS) is 16.5. The molecule has 0 spiro atoms. The van der Waals surface area contributed by atoms with E-state index in [9.17, 15) is 27.6 Å². The highest BCUT2D eigenvalue weighted by molar-refractivity contribution is 5.77. The molecule has 0 fully saturated rings. The van der Waals surface area contributed by atoms with E-state index in [-0.39, 0.29) is 60.2 Å². The number of nitrogens with one attached hydrogen (secondary N) is 3. The zero-order chi connectivity index (χ0) is 32.8. The Morgan fingerprint density at radius 2 is 1.02 bits per heavy atom. The van der Waals surface area contributed by atoms with Crippen LogP contribution < -0.4 is 16.0 Å². The second-order valence-corrected chi connectivity index (χ2v) is 12.9. The summed E-state index contributed by atoms with van der Waals surface area (Å²) in [7, 11) is 0. The summed E-state index contributed by atoms with van der Waals surface area (Å²) >= 11 is 0. The van der Waals surface area contributed by atoms with Gasteiger partial charge < -0.3 is 16.0 Å². The second-order valence-electron chi connectivity index (χ2n) is 12.9. The summed E-state index contributed by atoms with van der Waals surface area (Å²) in [5.74, 6) is -0.799. The lowest BCUT2D eigenvalue weighted by atomic mass is 9.80. The van der Waals surface area contributed by atoms with Crippen molar-refractivity contribution in [1.29, 1.82) is 0 Å². The van der Waals surface area contributed by atoms with Crippen LogP contribution in [0.3, 0.4) is 0 Å². The van der Waals surface area contributed by atoms with Crippen molar-refractivity contribution >= 4 is 17.7 Å². The number of hydrogen-bond acceptors (Lipinski definition) is 3. The van der Waals surface area contributed by atoms with Gasteiger partial charge in [0.05, 0.1) is 18.1 Å². The first-order valence-electron chi connectivity index (χ1n) is 17.0. The molecule has 0 aromatic carbocycles. The number of carbonyl (C=O) groups excluding carboxylic acids is 3. The van der Waals surface area contributed by atoms with Gasteiger partial charge in [0, 0.05) is 19.8 Å². The Kier molecular flexibility index (Phi) is 23.5. The van der Waals surface area contributed by atoms with E-state index in [0.29, 0.717) is 19.3 Å². The van der Waals surface area contributed by atoms with Crippen LogP contribution in [0.15, 0.2) is 0 Å². The fourth-order valence-corrected chi connectivity index (χ4v) is 6.28. The van der Waals surface area contributed by atoms with Gasteiger partial charge in [-0.05, 0) is 61.7 Å². The van der Waals surface area contributed by atoms with Crippen molar-refractivity contribution in [2.24, 2.45) is 29.6 Å². The van der Waals surface area contributed by atoms with Crippen molar-refractivity contribution in [3.05, 3.63) is 0 Å². The molecule has 3 N–H and O–H groups in total. The Labute approximate surface area is 260 Å². The van der Waals surface area contributed by atoms with Crippen LogP contribution in [0, 0.1) is 29.6 Å². The zero-order valence-electron chi connectivity index (χ0n) is 28.3. The first-order valence-corrected chi connectivity index (χ1v) is 17.0. The molecule has 0 aromatic heterocycles. The highest BCUT2D eigenvalue weighted by atomic mass is 19.1. The number of carbonyl (C=O) groups is 3. The van der Waals surface area contributed by atoms with Crippen molar-refractivity contribution in [3.63, 3.8) is 0 Å². The molecular formula is C34H64F3N3O3. The van der Waals surface area contributed by atoms with Crippen LogP contribution in [0.5, 0.6) is 0 Å². The molecule has 0 saturated heterocycles. The van der Waals surface area contributed by atoms with Gasteiger partial charge >= 0.3 is 0 Å². The lowest BCUT2D eigenvalue weighted by Gasteiger charge is -2.32. The number of amides is 3. The van der Waals surface area contributed by atoms with E-state index in [1.54, 1.807) is 0 Å². The van der Waals surface area contributed by atoms with E-state index in [4.69, 9.17) is 0 Å². The monoisotopic (exact) mass is 619 g/mol. The number of unbranched alkanes of at least 4 members (excludes halogenated alkanes) is 3. The maximum atomic E-state index is 14.4. The van der Waals surface area contributed by atoms with Crippen molar-refractivity contribution in [2.75, 3.05) is 20.0 Å². The van der Waals surface area contributed by atoms with Crippen LogP contribution in [0.1, 0.15) is 132 Å². The molecule has 3 amide bonds. The van der Waals surface area contributed by atoms with Crippen LogP contribution in [-0.4, -0.2) is 55.9 Å².